The molecule has 0 amide bonds. The van der Waals surface area contributed by atoms with Gasteiger partial charge in [0.2, 0.25) is 5.82 Å². The molecule has 1 N–H and O–H groups in total. The Labute approximate surface area is 124 Å². The van der Waals surface area contributed by atoms with Gasteiger partial charge in [-0.3, -0.25) is 15.0 Å². The first kappa shape index (κ1) is 15.7. The van der Waals surface area contributed by atoms with Gasteiger partial charge in [0.15, 0.2) is 0 Å². The third-order valence-corrected chi connectivity index (χ3v) is 3.84. The van der Waals surface area contributed by atoms with Gasteiger partial charge in [-0.05, 0) is 13.3 Å². The topological polar surface area (TPSA) is 85.5 Å². The van der Waals surface area contributed by atoms with E-state index < -0.39 is 0 Å². The second kappa shape index (κ2) is 6.86. The van der Waals surface area contributed by atoms with Gasteiger partial charge in [-0.2, -0.15) is 5.10 Å². The summed E-state index contributed by atoms with van der Waals surface area (Å²) in [5.41, 5.74) is 0.609. The van der Waals surface area contributed by atoms with E-state index in [1.807, 2.05) is 6.92 Å². The number of nitrogens with one attached hydrogen (secondary N) is 1. The quantitative estimate of drug-likeness (QED) is 0.623. The number of aryl methyl sites for hydroxylation is 2. The average molecular weight is 297 g/mol. The number of nitro groups is 1. The van der Waals surface area contributed by atoms with E-state index in [1.54, 1.807) is 11.7 Å². The van der Waals surface area contributed by atoms with Crippen molar-refractivity contribution in [3.05, 3.63) is 15.8 Å². The van der Waals surface area contributed by atoms with Crippen LogP contribution < -0.4 is 5.32 Å². The van der Waals surface area contributed by atoms with Gasteiger partial charge in [0.05, 0.1) is 18.1 Å². The van der Waals surface area contributed by atoms with Crippen LogP contribution in [0.2, 0.25) is 0 Å². The second-order valence-electron chi connectivity index (χ2n) is 5.26. The van der Waals surface area contributed by atoms with E-state index in [9.17, 15) is 10.1 Å². The maximum absolute atomic E-state index is 11.2. The lowest BCUT2D eigenvalue weighted by molar-refractivity contribution is -0.384. The fourth-order valence-corrected chi connectivity index (χ4v) is 2.59. The van der Waals surface area contributed by atoms with Crippen molar-refractivity contribution in [2.45, 2.75) is 26.3 Å². The Morgan fingerprint density at radius 2 is 2.14 bits per heavy atom. The lowest BCUT2D eigenvalue weighted by atomic mass is 10.2. The molecular weight excluding hydrogens is 274 g/mol. The Bertz CT molecular complexity index is 496. The summed E-state index contributed by atoms with van der Waals surface area (Å²) in [6.45, 7) is 7.92. The SMILES string of the molecule is CCc1nn(C)c(NCC(C)N2CCOCC2)c1[N+](=O)[O-]. The third kappa shape index (κ3) is 3.51. The van der Waals surface area contributed by atoms with Crippen molar-refractivity contribution in [1.29, 1.82) is 0 Å². The van der Waals surface area contributed by atoms with Crippen molar-refractivity contribution in [3.8, 4) is 0 Å². The molecule has 1 aliphatic heterocycles. The number of ether oxygens (including phenoxy) is 1. The molecule has 8 heteroatoms. The first-order valence-corrected chi connectivity index (χ1v) is 7.30. The van der Waals surface area contributed by atoms with E-state index in [-0.39, 0.29) is 16.7 Å². The van der Waals surface area contributed by atoms with Crippen molar-refractivity contribution in [2.75, 3.05) is 38.2 Å². The molecule has 0 aliphatic carbocycles. The summed E-state index contributed by atoms with van der Waals surface area (Å²) in [6, 6.07) is 0.286. The number of rotatable bonds is 6. The molecule has 0 aromatic carbocycles. The summed E-state index contributed by atoms with van der Waals surface area (Å²) in [4.78, 5) is 13.2. The highest BCUT2D eigenvalue weighted by molar-refractivity contribution is 5.59. The molecule has 8 nitrogen and oxygen atoms in total. The molecule has 1 aromatic heterocycles. The van der Waals surface area contributed by atoms with Crippen LogP contribution in [0.25, 0.3) is 0 Å². The van der Waals surface area contributed by atoms with E-state index in [1.165, 1.54) is 0 Å². The number of morpholine rings is 1. The lowest BCUT2D eigenvalue weighted by Gasteiger charge is -2.32. The van der Waals surface area contributed by atoms with E-state index in [2.05, 4.69) is 22.2 Å². The van der Waals surface area contributed by atoms with Crippen LogP contribution in [0.4, 0.5) is 11.5 Å². The van der Waals surface area contributed by atoms with Crippen LogP contribution in [-0.4, -0.2) is 58.5 Å². The van der Waals surface area contributed by atoms with Crippen molar-refractivity contribution in [2.24, 2.45) is 7.05 Å². The average Bonchev–Trinajstić information content (AvgIpc) is 2.81. The standard InChI is InChI=1S/C13H23N5O3/c1-4-11-12(18(19)20)13(16(3)15-11)14-9-10(2)17-5-7-21-8-6-17/h10,14H,4-9H2,1-3H3. The summed E-state index contributed by atoms with van der Waals surface area (Å²) < 4.78 is 6.89. The largest absolute Gasteiger partial charge is 0.379 e. The minimum absolute atomic E-state index is 0.0918. The smallest absolute Gasteiger partial charge is 0.333 e. The number of nitrogens with zero attached hydrogens (tertiary/aromatic N) is 4. The zero-order chi connectivity index (χ0) is 15.4. The zero-order valence-electron chi connectivity index (χ0n) is 12.8. The Hall–Kier alpha value is -1.67. The van der Waals surface area contributed by atoms with Crippen LogP contribution in [0, 0.1) is 10.1 Å². The summed E-state index contributed by atoms with van der Waals surface area (Å²) >= 11 is 0. The maximum atomic E-state index is 11.2. The van der Waals surface area contributed by atoms with Gasteiger partial charge >= 0.3 is 5.69 Å². The van der Waals surface area contributed by atoms with Gasteiger partial charge in [-0.25, -0.2) is 4.68 Å². The number of hydrogen-bond donors (Lipinski definition) is 1. The summed E-state index contributed by atoms with van der Waals surface area (Å²) in [5, 5.41) is 18.7. The molecule has 0 saturated carbocycles. The van der Waals surface area contributed by atoms with Crippen molar-refractivity contribution >= 4 is 11.5 Å². The molecule has 1 aromatic rings. The highest BCUT2D eigenvalue weighted by atomic mass is 16.6. The molecule has 1 saturated heterocycles. The fraction of sp³-hybridized carbons (Fsp3) is 0.769. The predicted octanol–water partition coefficient (Wildman–Crippen LogP) is 1.02. The van der Waals surface area contributed by atoms with Crippen molar-refractivity contribution < 1.29 is 9.66 Å². The summed E-state index contributed by atoms with van der Waals surface area (Å²) in [5.74, 6) is 0.483. The third-order valence-electron chi connectivity index (χ3n) is 3.84. The van der Waals surface area contributed by atoms with Gasteiger partial charge < -0.3 is 10.1 Å². The molecule has 1 fully saturated rings. The van der Waals surface area contributed by atoms with Crippen LogP contribution in [0.5, 0.6) is 0 Å². The Morgan fingerprint density at radius 3 is 2.71 bits per heavy atom. The molecule has 118 valence electrons. The molecule has 0 spiro atoms. The zero-order valence-corrected chi connectivity index (χ0v) is 12.8. The molecule has 0 radical (unpaired) electrons. The van der Waals surface area contributed by atoms with E-state index in [0.29, 0.717) is 24.5 Å². The Balaban J connectivity index is 2.05. The first-order valence-electron chi connectivity index (χ1n) is 7.30. The van der Waals surface area contributed by atoms with Crippen LogP contribution in [-0.2, 0) is 18.2 Å². The van der Waals surface area contributed by atoms with Crippen LogP contribution in [0.3, 0.4) is 0 Å². The van der Waals surface area contributed by atoms with Gasteiger partial charge in [0.1, 0.15) is 5.69 Å². The summed E-state index contributed by atoms with van der Waals surface area (Å²) in [7, 11) is 1.73. The van der Waals surface area contributed by atoms with Crippen LogP contribution in [0.1, 0.15) is 19.5 Å². The normalized spacial score (nSPS) is 17.7. The fourth-order valence-electron chi connectivity index (χ4n) is 2.59. The number of aromatic nitrogens is 2. The van der Waals surface area contributed by atoms with E-state index in [0.717, 1.165) is 26.3 Å². The maximum Gasteiger partial charge on any atom is 0.333 e. The monoisotopic (exact) mass is 297 g/mol. The van der Waals surface area contributed by atoms with Gasteiger partial charge in [-0.15, -0.1) is 0 Å². The van der Waals surface area contributed by atoms with Crippen LogP contribution in [0.15, 0.2) is 0 Å². The molecule has 1 atom stereocenters. The van der Waals surface area contributed by atoms with Crippen molar-refractivity contribution in [1.82, 2.24) is 14.7 Å². The highest BCUT2D eigenvalue weighted by Gasteiger charge is 2.26. The van der Waals surface area contributed by atoms with Crippen LogP contribution >= 0.6 is 0 Å². The van der Waals surface area contributed by atoms with Gasteiger partial charge in [-0.1, -0.05) is 6.92 Å². The molecule has 2 heterocycles. The van der Waals surface area contributed by atoms with E-state index >= 15 is 0 Å². The number of hydrogen-bond acceptors (Lipinski definition) is 6. The molecule has 21 heavy (non-hydrogen) atoms. The molecule has 1 unspecified atom stereocenters. The highest BCUT2D eigenvalue weighted by Crippen LogP contribution is 2.28. The van der Waals surface area contributed by atoms with Gasteiger partial charge in [0.25, 0.3) is 0 Å². The molecule has 1 aliphatic rings. The summed E-state index contributed by atoms with van der Waals surface area (Å²) in [6.07, 6.45) is 0.546. The first-order chi connectivity index (χ1) is 10.0. The second-order valence-corrected chi connectivity index (χ2v) is 5.26. The van der Waals surface area contributed by atoms with Gasteiger partial charge in [0, 0.05) is 32.7 Å². The molecule has 0 bridgehead atoms. The number of anilines is 1. The Morgan fingerprint density at radius 1 is 1.48 bits per heavy atom. The van der Waals surface area contributed by atoms with E-state index in [4.69, 9.17) is 4.74 Å². The predicted molar refractivity (Wildman–Crippen MR) is 79.6 cm³/mol. The molecule has 2 rings (SSSR count). The minimum atomic E-state index is -0.354. The van der Waals surface area contributed by atoms with Crippen molar-refractivity contribution in [3.63, 3.8) is 0 Å². The molecular formula is C13H23N5O3. The minimum Gasteiger partial charge on any atom is -0.379 e. The lowest BCUT2D eigenvalue weighted by Crippen LogP contribution is -2.45. The Kier molecular flexibility index (Phi) is 5.13.